The Labute approximate surface area is 192 Å². The number of phenols is 2. The van der Waals surface area contributed by atoms with Gasteiger partial charge in [0.05, 0.1) is 13.5 Å². The molecule has 0 spiro atoms. The molecule has 12 nitrogen and oxygen atoms in total. The van der Waals surface area contributed by atoms with Gasteiger partial charge in [0.15, 0.2) is 23.4 Å². The van der Waals surface area contributed by atoms with E-state index in [2.05, 4.69) is 0 Å². The van der Waals surface area contributed by atoms with E-state index in [1.54, 1.807) is 12.1 Å². The zero-order valence-electron chi connectivity index (χ0n) is 17.7. The molecule has 0 aromatic heterocycles. The first-order valence-corrected chi connectivity index (χ1v) is 10.1. The number of phenolic OH excluding ortho intramolecular Hbond substituents is 2. The van der Waals surface area contributed by atoms with Crippen molar-refractivity contribution in [3.63, 3.8) is 0 Å². The minimum absolute atomic E-state index is 0.0233. The van der Waals surface area contributed by atoms with Gasteiger partial charge in [0.25, 0.3) is 0 Å². The van der Waals surface area contributed by atoms with Gasteiger partial charge in [-0.3, -0.25) is 4.79 Å². The summed E-state index contributed by atoms with van der Waals surface area (Å²) in [7, 11) is 1.23. The van der Waals surface area contributed by atoms with Gasteiger partial charge in [-0.2, -0.15) is 0 Å². The fourth-order valence-corrected chi connectivity index (χ4v) is 3.87. The molecule has 2 aliphatic rings. The van der Waals surface area contributed by atoms with Crippen molar-refractivity contribution in [2.75, 3.05) is 7.11 Å². The first kappa shape index (κ1) is 23.6. The van der Waals surface area contributed by atoms with Crippen molar-refractivity contribution in [1.29, 1.82) is 0 Å². The number of carboxylic acids is 1. The van der Waals surface area contributed by atoms with Gasteiger partial charge in [0.2, 0.25) is 12.0 Å². The minimum Gasteiger partial charge on any atom is -0.508 e. The zero-order valence-corrected chi connectivity index (χ0v) is 17.7. The molecular formula is C22H22O12. The number of Topliss-reactive ketones (excluding diaryl/α,β-unsaturated/α-hetero) is 1. The molecule has 0 bridgehead atoms. The SMILES string of the molecule is COc1c(O[C@@H]2O[C@H](C(=O)O)[C@@H](O)[C@H](O)[C@H]2O)cc(O)c2c1O[C@H](c1ccc(O)cc1)CC2=O. The summed E-state index contributed by atoms with van der Waals surface area (Å²) in [6.45, 7) is 0. The van der Waals surface area contributed by atoms with Crippen molar-refractivity contribution >= 4 is 11.8 Å². The first-order chi connectivity index (χ1) is 16.1. The third-order valence-corrected chi connectivity index (χ3v) is 5.62. The lowest BCUT2D eigenvalue weighted by Gasteiger charge is -2.38. The minimum atomic E-state index is -1.92. The number of hydrogen-bond donors (Lipinski definition) is 6. The van der Waals surface area contributed by atoms with Crippen LogP contribution in [0.5, 0.6) is 28.7 Å². The second-order valence-corrected chi connectivity index (χ2v) is 7.81. The molecule has 0 amide bonds. The number of ketones is 1. The van der Waals surface area contributed by atoms with Crippen molar-refractivity contribution in [3.8, 4) is 28.7 Å². The predicted molar refractivity (Wildman–Crippen MR) is 110 cm³/mol. The van der Waals surface area contributed by atoms with Crippen molar-refractivity contribution in [2.24, 2.45) is 0 Å². The van der Waals surface area contributed by atoms with Crippen molar-refractivity contribution < 1.29 is 59.2 Å². The molecule has 2 aliphatic heterocycles. The molecule has 6 N–H and O–H groups in total. The van der Waals surface area contributed by atoms with E-state index in [0.29, 0.717) is 5.56 Å². The lowest BCUT2D eigenvalue weighted by molar-refractivity contribution is -0.271. The van der Waals surface area contributed by atoms with E-state index in [4.69, 9.17) is 18.9 Å². The molecular weight excluding hydrogens is 456 g/mol. The Bertz CT molecular complexity index is 1100. The van der Waals surface area contributed by atoms with Crippen LogP contribution < -0.4 is 14.2 Å². The zero-order chi connectivity index (χ0) is 24.7. The standard InChI is InChI=1S/C22H22O12/c1-31-18-13(33-22-17(28)15(26)16(27)20(34-22)21(29)30)7-11(25)14-10(24)6-12(32-19(14)18)8-2-4-9(23)5-3-8/h2-5,7,12,15-17,20,22-23,25-28H,6H2,1H3,(H,29,30)/t12-,15-,16-,17+,20-,22+/m0/s1. The number of aliphatic hydroxyl groups is 3. The summed E-state index contributed by atoms with van der Waals surface area (Å²) in [5, 5.41) is 59.3. The normalized spacial score (nSPS) is 28.5. The maximum absolute atomic E-state index is 12.8. The van der Waals surface area contributed by atoms with Gasteiger partial charge < -0.3 is 49.6 Å². The van der Waals surface area contributed by atoms with Crippen LogP contribution in [0.1, 0.15) is 28.4 Å². The summed E-state index contributed by atoms with van der Waals surface area (Å²) in [5.41, 5.74) is 0.403. The van der Waals surface area contributed by atoms with Crippen LogP contribution in [0.3, 0.4) is 0 Å². The number of rotatable bonds is 5. The van der Waals surface area contributed by atoms with E-state index in [1.165, 1.54) is 19.2 Å². The first-order valence-electron chi connectivity index (χ1n) is 10.1. The molecule has 182 valence electrons. The maximum Gasteiger partial charge on any atom is 0.335 e. The number of fused-ring (bicyclic) bond motifs is 1. The van der Waals surface area contributed by atoms with Crippen LogP contribution in [0.15, 0.2) is 30.3 Å². The third kappa shape index (κ3) is 4.07. The van der Waals surface area contributed by atoms with E-state index >= 15 is 0 Å². The van der Waals surface area contributed by atoms with E-state index in [-0.39, 0.29) is 35.0 Å². The van der Waals surface area contributed by atoms with Gasteiger partial charge in [0.1, 0.15) is 41.5 Å². The van der Waals surface area contributed by atoms with Gasteiger partial charge in [-0.1, -0.05) is 12.1 Å². The number of aromatic hydroxyl groups is 2. The molecule has 34 heavy (non-hydrogen) atoms. The van der Waals surface area contributed by atoms with Crippen LogP contribution in [0.25, 0.3) is 0 Å². The molecule has 4 rings (SSSR count). The number of carbonyl (C=O) groups is 2. The van der Waals surface area contributed by atoms with Crippen molar-refractivity contribution in [2.45, 2.75) is 43.2 Å². The number of carboxylic acid groups (broad SMARTS) is 1. The Morgan fingerprint density at radius 1 is 1.06 bits per heavy atom. The average Bonchev–Trinajstić information content (AvgIpc) is 2.79. The third-order valence-electron chi connectivity index (χ3n) is 5.62. The highest BCUT2D eigenvalue weighted by atomic mass is 16.7. The molecule has 12 heteroatoms. The monoisotopic (exact) mass is 478 g/mol. The summed E-state index contributed by atoms with van der Waals surface area (Å²) in [6, 6.07) is 6.98. The fraction of sp³-hybridized carbons (Fsp3) is 0.364. The molecule has 2 heterocycles. The maximum atomic E-state index is 12.8. The molecule has 2 aromatic carbocycles. The molecule has 2 aromatic rings. The Kier molecular flexibility index (Phi) is 6.23. The van der Waals surface area contributed by atoms with Crippen LogP contribution in [-0.2, 0) is 9.53 Å². The van der Waals surface area contributed by atoms with Crippen LogP contribution >= 0.6 is 0 Å². The quantitative estimate of drug-likeness (QED) is 0.340. The second kappa shape index (κ2) is 8.99. The average molecular weight is 478 g/mol. The Balaban J connectivity index is 1.70. The largest absolute Gasteiger partial charge is 0.508 e. The molecule has 0 aliphatic carbocycles. The summed E-state index contributed by atoms with van der Waals surface area (Å²) in [6.07, 6.45) is -10.3. The van der Waals surface area contributed by atoms with Crippen LogP contribution in [0.2, 0.25) is 0 Å². The van der Waals surface area contributed by atoms with Gasteiger partial charge in [-0.15, -0.1) is 0 Å². The number of ether oxygens (including phenoxy) is 4. The molecule has 0 radical (unpaired) electrons. The molecule has 0 saturated carbocycles. The Morgan fingerprint density at radius 3 is 2.35 bits per heavy atom. The number of methoxy groups -OCH3 is 1. The predicted octanol–water partition coefficient (Wildman–Crippen LogP) is 0.0839. The number of aliphatic hydroxyl groups excluding tert-OH is 3. The molecule has 1 saturated heterocycles. The van der Waals surface area contributed by atoms with Gasteiger partial charge in [-0.05, 0) is 17.7 Å². The molecule has 6 atom stereocenters. The number of aliphatic carboxylic acids is 1. The Morgan fingerprint density at radius 2 is 1.74 bits per heavy atom. The highest BCUT2D eigenvalue weighted by molar-refractivity contribution is 6.03. The topological polar surface area (TPSA) is 192 Å². The molecule has 1 fully saturated rings. The Hall–Kier alpha value is -3.58. The number of carbonyl (C=O) groups excluding carboxylic acids is 1. The van der Waals surface area contributed by atoms with Crippen LogP contribution in [0.4, 0.5) is 0 Å². The molecule has 0 unspecified atom stereocenters. The number of benzene rings is 2. The van der Waals surface area contributed by atoms with E-state index < -0.39 is 54.3 Å². The van der Waals surface area contributed by atoms with Crippen molar-refractivity contribution in [3.05, 3.63) is 41.5 Å². The van der Waals surface area contributed by atoms with Crippen LogP contribution in [-0.4, -0.2) is 80.2 Å². The van der Waals surface area contributed by atoms with E-state index in [9.17, 15) is 40.2 Å². The fourth-order valence-electron chi connectivity index (χ4n) is 3.87. The lowest BCUT2D eigenvalue weighted by Crippen LogP contribution is -2.61. The van der Waals surface area contributed by atoms with E-state index in [1.807, 2.05) is 0 Å². The summed E-state index contributed by atoms with van der Waals surface area (Å²) in [4.78, 5) is 24.1. The van der Waals surface area contributed by atoms with Gasteiger partial charge in [-0.25, -0.2) is 4.79 Å². The smallest absolute Gasteiger partial charge is 0.335 e. The van der Waals surface area contributed by atoms with Crippen molar-refractivity contribution in [1.82, 2.24) is 0 Å². The van der Waals surface area contributed by atoms with Crippen LogP contribution in [0, 0.1) is 0 Å². The van der Waals surface area contributed by atoms with E-state index in [0.717, 1.165) is 6.07 Å². The van der Waals surface area contributed by atoms with Gasteiger partial charge >= 0.3 is 5.97 Å². The van der Waals surface area contributed by atoms with Gasteiger partial charge in [0, 0.05) is 6.07 Å². The second-order valence-electron chi connectivity index (χ2n) is 7.81. The lowest BCUT2D eigenvalue weighted by atomic mass is 9.95. The number of hydrogen-bond acceptors (Lipinski definition) is 11. The summed E-state index contributed by atoms with van der Waals surface area (Å²) in [5.74, 6) is -3.16. The highest BCUT2D eigenvalue weighted by Crippen LogP contribution is 2.50. The summed E-state index contributed by atoms with van der Waals surface area (Å²) >= 11 is 0. The summed E-state index contributed by atoms with van der Waals surface area (Å²) < 4.78 is 21.9. The highest BCUT2D eigenvalue weighted by Gasteiger charge is 2.48.